The van der Waals surface area contributed by atoms with Crippen molar-refractivity contribution in [3.05, 3.63) is 11.5 Å². The molecule has 8 nitrogen and oxygen atoms in total. The number of hydrogen-bond donors (Lipinski definition) is 1. The van der Waals surface area contributed by atoms with Crippen molar-refractivity contribution in [1.29, 1.82) is 0 Å². The zero-order valence-corrected chi connectivity index (χ0v) is 17.9. The Labute approximate surface area is 167 Å². The zero-order chi connectivity index (χ0) is 21.1. The normalized spacial score (nSPS) is 13.2. The van der Waals surface area contributed by atoms with Crippen LogP contribution in [-0.2, 0) is 20.2 Å². The highest BCUT2D eigenvalue weighted by Crippen LogP contribution is 2.65. The molecule has 0 bridgehead atoms. The van der Waals surface area contributed by atoms with E-state index in [0.29, 0.717) is 24.1 Å². The number of nitrogens with two attached hydrogens (primary N) is 1. The van der Waals surface area contributed by atoms with E-state index in [-0.39, 0.29) is 17.5 Å². The summed E-state index contributed by atoms with van der Waals surface area (Å²) < 4.78 is 53.6. The third kappa shape index (κ3) is 5.37. The predicted molar refractivity (Wildman–Crippen MR) is 104 cm³/mol. The lowest BCUT2D eigenvalue weighted by Gasteiger charge is -2.29. The maximum Gasteiger partial charge on any atom is 0.400 e. The standard InChI is InChI=1S/C16H25ClF2N5O3P/c1-10(2)26-28(25,27-11(3)4)16(18,19)7-5-6-8-24-9-21-12-13(17)22-15(20)23-14(12)24/h9-11H,5-8H2,1-4H3,(H2,20,22,23). The van der Waals surface area contributed by atoms with E-state index >= 15 is 0 Å². The van der Waals surface area contributed by atoms with Crippen molar-refractivity contribution in [2.45, 2.75) is 71.4 Å². The molecule has 0 radical (unpaired) electrons. The van der Waals surface area contributed by atoms with Gasteiger partial charge in [0.15, 0.2) is 10.8 Å². The predicted octanol–water partition coefficient (Wildman–Crippen LogP) is 4.87. The molecule has 158 valence electrons. The molecule has 2 aromatic rings. The number of nitrogen functional groups attached to an aromatic ring is 1. The molecule has 0 unspecified atom stereocenters. The number of hydrogen-bond acceptors (Lipinski definition) is 7. The van der Waals surface area contributed by atoms with Gasteiger partial charge in [-0.1, -0.05) is 11.6 Å². The van der Waals surface area contributed by atoms with Crippen molar-refractivity contribution in [2.24, 2.45) is 0 Å². The Morgan fingerprint density at radius 2 is 1.82 bits per heavy atom. The van der Waals surface area contributed by atoms with E-state index in [4.69, 9.17) is 26.4 Å². The molecular weight excluding hydrogens is 415 g/mol. The van der Waals surface area contributed by atoms with Gasteiger partial charge in [0.1, 0.15) is 5.52 Å². The van der Waals surface area contributed by atoms with Crippen LogP contribution in [0.3, 0.4) is 0 Å². The highest BCUT2D eigenvalue weighted by atomic mass is 35.5. The fourth-order valence-electron chi connectivity index (χ4n) is 2.58. The third-order valence-electron chi connectivity index (χ3n) is 3.67. The summed E-state index contributed by atoms with van der Waals surface area (Å²) in [5.74, 6) is 0.00314. The molecule has 0 aliphatic carbocycles. The maximum atomic E-state index is 14.6. The van der Waals surface area contributed by atoms with E-state index in [2.05, 4.69) is 15.0 Å². The minimum Gasteiger partial charge on any atom is -0.368 e. The summed E-state index contributed by atoms with van der Waals surface area (Å²) in [7, 11) is -4.59. The quantitative estimate of drug-likeness (QED) is 0.320. The van der Waals surface area contributed by atoms with Crippen LogP contribution in [-0.4, -0.2) is 37.4 Å². The largest absolute Gasteiger partial charge is 0.400 e. The van der Waals surface area contributed by atoms with E-state index in [0.717, 1.165) is 0 Å². The van der Waals surface area contributed by atoms with Crippen LogP contribution in [0.15, 0.2) is 6.33 Å². The molecule has 2 N–H and O–H groups in total. The van der Waals surface area contributed by atoms with Crippen molar-refractivity contribution >= 4 is 36.3 Å². The van der Waals surface area contributed by atoms with Crippen LogP contribution in [0.1, 0.15) is 47.0 Å². The van der Waals surface area contributed by atoms with Gasteiger partial charge in [0.25, 0.3) is 0 Å². The highest BCUT2D eigenvalue weighted by Gasteiger charge is 2.53. The van der Waals surface area contributed by atoms with Gasteiger partial charge in [0.05, 0.1) is 18.5 Å². The van der Waals surface area contributed by atoms with Crippen molar-refractivity contribution < 1.29 is 22.4 Å². The van der Waals surface area contributed by atoms with Gasteiger partial charge >= 0.3 is 13.3 Å². The Morgan fingerprint density at radius 1 is 1.21 bits per heavy atom. The molecule has 0 saturated heterocycles. The van der Waals surface area contributed by atoms with E-state index in [1.807, 2.05) is 0 Å². The molecule has 0 spiro atoms. The molecule has 0 aliphatic rings. The minimum absolute atomic E-state index is 0.00314. The van der Waals surface area contributed by atoms with Crippen LogP contribution in [0.4, 0.5) is 14.7 Å². The van der Waals surface area contributed by atoms with Gasteiger partial charge in [-0.15, -0.1) is 0 Å². The Bertz CT molecular complexity index is 848. The Morgan fingerprint density at radius 3 is 2.39 bits per heavy atom. The molecule has 28 heavy (non-hydrogen) atoms. The number of fused-ring (bicyclic) bond motifs is 1. The number of imidazole rings is 1. The number of aromatic nitrogens is 4. The van der Waals surface area contributed by atoms with Crippen LogP contribution in [0.25, 0.3) is 11.2 Å². The summed E-state index contributed by atoms with van der Waals surface area (Å²) >= 11 is 5.96. The first kappa shape index (κ1) is 22.9. The average molecular weight is 440 g/mol. The van der Waals surface area contributed by atoms with Crippen molar-refractivity contribution in [1.82, 2.24) is 19.5 Å². The maximum absolute atomic E-state index is 14.6. The molecule has 0 atom stereocenters. The molecule has 0 aliphatic heterocycles. The smallest absolute Gasteiger partial charge is 0.368 e. The van der Waals surface area contributed by atoms with Gasteiger partial charge in [0, 0.05) is 13.0 Å². The summed E-state index contributed by atoms with van der Waals surface area (Å²) in [6, 6.07) is 0. The van der Waals surface area contributed by atoms with Gasteiger partial charge in [-0.05, 0) is 40.5 Å². The number of aryl methyl sites for hydroxylation is 1. The monoisotopic (exact) mass is 439 g/mol. The molecule has 0 saturated carbocycles. The fraction of sp³-hybridized carbons (Fsp3) is 0.688. The minimum atomic E-state index is -4.59. The molecular formula is C16H25ClF2N5O3P. The van der Waals surface area contributed by atoms with Crippen LogP contribution in [0, 0.1) is 0 Å². The second-order valence-electron chi connectivity index (χ2n) is 6.91. The molecule has 2 heterocycles. The second-order valence-corrected chi connectivity index (χ2v) is 9.34. The third-order valence-corrected chi connectivity index (χ3v) is 6.35. The molecule has 2 rings (SSSR count). The van der Waals surface area contributed by atoms with Crippen LogP contribution in [0.2, 0.25) is 5.15 Å². The number of rotatable bonds is 10. The number of halogens is 3. The van der Waals surface area contributed by atoms with Crippen molar-refractivity contribution in [3.8, 4) is 0 Å². The Kier molecular flexibility index (Phi) is 7.36. The number of nitrogens with zero attached hydrogens (tertiary/aromatic N) is 4. The second kappa shape index (κ2) is 8.98. The first-order valence-corrected chi connectivity index (χ1v) is 10.9. The summed E-state index contributed by atoms with van der Waals surface area (Å²) in [6.07, 6.45) is 0.0243. The van der Waals surface area contributed by atoms with E-state index in [1.165, 1.54) is 34.0 Å². The number of alkyl halides is 2. The number of anilines is 1. The van der Waals surface area contributed by atoms with Gasteiger partial charge in [-0.2, -0.15) is 18.7 Å². The van der Waals surface area contributed by atoms with Gasteiger partial charge in [0.2, 0.25) is 5.95 Å². The summed E-state index contributed by atoms with van der Waals surface area (Å²) in [6.45, 7) is 6.51. The van der Waals surface area contributed by atoms with E-state index < -0.39 is 31.9 Å². The van der Waals surface area contributed by atoms with Crippen LogP contribution < -0.4 is 5.73 Å². The van der Waals surface area contributed by atoms with Crippen LogP contribution >= 0.6 is 19.2 Å². The van der Waals surface area contributed by atoms with Gasteiger partial charge in [-0.3, -0.25) is 4.57 Å². The SMILES string of the molecule is CC(C)OP(=O)(OC(C)C)C(F)(F)CCCCn1cnc2c(Cl)nc(N)nc21. The van der Waals surface area contributed by atoms with Gasteiger partial charge in [-0.25, -0.2) is 4.98 Å². The van der Waals surface area contributed by atoms with E-state index in [9.17, 15) is 13.3 Å². The zero-order valence-electron chi connectivity index (χ0n) is 16.2. The lowest BCUT2D eigenvalue weighted by Crippen LogP contribution is -2.24. The molecule has 0 amide bonds. The summed E-state index contributed by atoms with van der Waals surface area (Å²) in [5, 5.41) is 0.130. The topological polar surface area (TPSA) is 105 Å². The first-order valence-electron chi connectivity index (χ1n) is 8.94. The first-order chi connectivity index (χ1) is 12.9. The van der Waals surface area contributed by atoms with E-state index in [1.54, 1.807) is 4.57 Å². The fourth-order valence-corrected chi connectivity index (χ4v) is 4.70. The number of unbranched alkanes of at least 4 members (excludes halogenated alkanes) is 1. The molecule has 0 aromatic carbocycles. The highest BCUT2D eigenvalue weighted by molar-refractivity contribution is 7.55. The Balaban J connectivity index is 2.02. The molecule has 0 fully saturated rings. The lowest BCUT2D eigenvalue weighted by molar-refractivity contribution is 0.0122. The molecule has 2 aromatic heterocycles. The lowest BCUT2D eigenvalue weighted by atomic mass is 10.2. The Hall–Kier alpha value is -1.35. The van der Waals surface area contributed by atoms with Crippen LogP contribution in [0.5, 0.6) is 0 Å². The van der Waals surface area contributed by atoms with Crippen molar-refractivity contribution in [3.63, 3.8) is 0 Å². The summed E-state index contributed by atoms with van der Waals surface area (Å²) in [4.78, 5) is 12.0. The van der Waals surface area contributed by atoms with Crippen molar-refractivity contribution in [2.75, 3.05) is 5.73 Å². The van der Waals surface area contributed by atoms with Gasteiger partial charge < -0.3 is 19.3 Å². The molecule has 12 heteroatoms. The summed E-state index contributed by atoms with van der Waals surface area (Å²) in [5.41, 5.74) is 2.82. The average Bonchev–Trinajstić information content (AvgIpc) is 2.93.